The average molecular weight is 232 g/mol. The lowest BCUT2D eigenvalue weighted by atomic mass is 10.1. The van der Waals surface area contributed by atoms with Gasteiger partial charge >= 0.3 is 5.97 Å². The molecular weight excluding hydrogens is 220 g/mol. The monoisotopic (exact) mass is 232 g/mol. The molecule has 1 amide bonds. The third kappa shape index (κ3) is 3.61. The molecule has 5 heteroatoms. The molecule has 0 atom stereocenters. The number of methoxy groups -OCH3 is 1. The van der Waals surface area contributed by atoms with Crippen LogP contribution >= 0.6 is 0 Å². The number of esters is 1. The van der Waals surface area contributed by atoms with Crippen LogP contribution in [0.1, 0.15) is 28.0 Å². The second-order valence-corrected chi connectivity index (χ2v) is 3.33. The van der Waals surface area contributed by atoms with Crippen molar-refractivity contribution < 1.29 is 14.3 Å². The highest BCUT2D eigenvalue weighted by atomic mass is 16.5. The Morgan fingerprint density at radius 1 is 1.53 bits per heavy atom. The van der Waals surface area contributed by atoms with E-state index in [9.17, 15) is 9.59 Å². The first-order chi connectivity index (χ1) is 8.04. The van der Waals surface area contributed by atoms with Gasteiger partial charge in [0, 0.05) is 11.8 Å². The molecule has 0 spiro atoms. The van der Waals surface area contributed by atoms with Crippen molar-refractivity contribution in [2.45, 2.75) is 13.3 Å². The minimum Gasteiger partial charge on any atom is -0.464 e. The van der Waals surface area contributed by atoms with Crippen molar-refractivity contribution in [1.29, 1.82) is 0 Å². The molecule has 1 heterocycles. The van der Waals surface area contributed by atoms with Gasteiger partial charge in [0.25, 0.3) is 0 Å². The SMILES string of the molecule is COC(=O)c1ncc(C#CCC(N)=O)cc1C. The van der Waals surface area contributed by atoms with Crippen LogP contribution in [0.15, 0.2) is 12.3 Å². The number of amides is 1. The van der Waals surface area contributed by atoms with Gasteiger partial charge in [-0.15, -0.1) is 0 Å². The predicted octanol–water partition coefficient (Wildman–Crippen LogP) is 0.404. The number of ether oxygens (including phenoxy) is 1. The third-order valence-electron chi connectivity index (χ3n) is 1.95. The van der Waals surface area contributed by atoms with Gasteiger partial charge in [0.15, 0.2) is 5.69 Å². The minimum atomic E-state index is -0.487. The molecule has 2 N–H and O–H groups in total. The molecule has 0 aromatic carbocycles. The first-order valence-electron chi connectivity index (χ1n) is 4.86. The molecule has 0 unspecified atom stereocenters. The van der Waals surface area contributed by atoms with Gasteiger partial charge in [-0.2, -0.15) is 0 Å². The van der Waals surface area contributed by atoms with E-state index in [-0.39, 0.29) is 12.1 Å². The lowest BCUT2D eigenvalue weighted by Crippen LogP contribution is -2.08. The number of rotatable bonds is 2. The topological polar surface area (TPSA) is 82.3 Å². The Hall–Kier alpha value is -2.35. The molecule has 0 saturated heterocycles. The van der Waals surface area contributed by atoms with Gasteiger partial charge in [-0.1, -0.05) is 11.8 Å². The number of primary amides is 1. The van der Waals surface area contributed by atoms with Crippen LogP contribution in [0.2, 0.25) is 0 Å². The Morgan fingerprint density at radius 2 is 2.24 bits per heavy atom. The van der Waals surface area contributed by atoms with Crippen LogP contribution in [-0.4, -0.2) is 24.0 Å². The van der Waals surface area contributed by atoms with E-state index in [1.807, 2.05) is 0 Å². The van der Waals surface area contributed by atoms with Crippen LogP contribution in [0.5, 0.6) is 0 Å². The summed E-state index contributed by atoms with van der Waals surface area (Å²) in [7, 11) is 1.30. The number of aromatic nitrogens is 1. The van der Waals surface area contributed by atoms with Gasteiger partial charge < -0.3 is 10.5 Å². The zero-order valence-electron chi connectivity index (χ0n) is 9.61. The molecule has 0 aliphatic carbocycles. The minimum absolute atomic E-state index is 0.00218. The number of pyridine rings is 1. The number of aryl methyl sites for hydroxylation is 1. The van der Waals surface area contributed by atoms with Crippen molar-refractivity contribution in [3.63, 3.8) is 0 Å². The maximum absolute atomic E-state index is 11.3. The quantitative estimate of drug-likeness (QED) is 0.591. The van der Waals surface area contributed by atoms with E-state index in [0.717, 1.165) is 0 Å². The fraction of sp³-hybridized carbons (Fsp3) is 0.250. The summed E-state index contributed by atoms with van der Waals surface area (Å²) in [5, 5.41) is 0. The fourth-order valence-corrected chi connectivity index (χ4v) is 1.19. The summed E-state index contributed by atoms with van der Waals surface area (Å²) in [4.78, 5) is 25.7. The molecular formula is C12H12N2O3. The van der Waals surface area contributed by atoms with Gasteiger partial charge in [0.2, 0.25) is 5.91 Å². The third-order valence-corrected chi connectivity index (χ3v) is 1.95. The summed E-state index contributed by atoms with van der Waals surface area (Å²) >= 11 is 0. The standard InChI is InChI=1S/C12H12N2O3/c1-8-6-9(4-3-5-10(13)15)7-14-11(8)12(16)17-2/h6-7H,5H2,1-2H3,(H2,13,15). The van der Waals surface area contributed by atoms with Gasteiger partial charge in [0.05, 0.1) is 13.5 Å². The van der Waals surface area contributed by atoms with E-state index in [1.165, 1.54) is 13.3 Å². The zero-order chi connectivity index (χ0) is 12.8. The second-order valence-electron chi connectivity index (χ2n) is 3.33. The molecule has 0 aliphatic heterocycles. The fourth-order valence-electron chi connectivity index (χ4n) is 1.19. The Morgan fingerprint density at radius 3 is 2.76 bits per heavy atom. The molecule has 0 radical (unpaired) electrons. The Kier molecular flexibility index (Phi) is 4.23. The van der Waals surface area contributed by atoms with Crippen LogP contribution in [0.25, 0.3) is 0 Å². The highest BCUT2D eigenvalue weighted by Gasteiger charge is 2.10. The van der Waals surface area contributed by atoms with E-state index in [1.54, 1.807) is 13.0 Å². The molecule has 88 valence electrons. The largest absolute Gasteiger partial charge is 0.464 e. The lowest BCUT2D eigenvalue weighted by molar-refractivity contribution is -0.117. The van der Waals surface area contributed by atoms with E-state index >= 15 is 0 Å². The van der Waals surface area contributed by atoms with Crippen molar-refractivity contribution in [2.75, 3.05) is 7.11 Å². The zero-order valence-corrected chi connectivity index (χ0v) is 9.61. The molecule has 0 bridgehead atoms. The van der Waals surface area contributed by atoms with E-state index in [0.29, 0.717) is 11.1 Å². The normalized spacial score (nSPS) is 9.06. The molecule has 0 fully saturated rings. The summed E-state index contributed by atoms with van der Waals surface area (Å²) in [5.41, 5.74) is 6.50. The number of hydrogen-bond donors (Lipinski definition) is 1. The smallest absolute Gasteiger partial charge is 0.356 e. The van der Waals surface area contributed by atoms with E-state index < -0.39 is 11.9 Å². The number of nitrogens with zero attached hydrogens (tertiary/aromatic N) is 1. The van der Waals surface area contributed by atoms with Crippen LogP contribution in [0.3, 0.4) is 0 Å². The van der Waals surface area contributed by atoms with Crippen LogP contribution in [-0.2, 0) is 9.53 Å². The highest BCUT2D eigenvalue weighted by molar-refractivity contribution is 5.88. The van der Waals surface area contributed by atoms with Crippen molar-refractivity contribution in [1.82, 2.24) is 4.98 Å². The summed E-state index contributed by atoms with van der Waals surface area (Å²) in [6.45, 7) is 1.73. The van der Waals surface area contributed by atoms with Gasteiger partial charge in [-0.3, -0.25) is 4.79 Å². The average Bonchev–Trinajstić information content (AvgIpc) is 2.28. The summed E-state index contributed by atoms with van der Waals surface area (Å²) in [6, 6.07) is 1.70. The number of nitrogens with two attached hydrogens (primary N) is 1. The van der Waals surface area contributed by atoms with Crippen molar-refractivity contribution in [3.8, 4) is 11.8 Å². The Balaban J connectivity index is 2.92. The Bertz CT molecular complexity index is 512. The van der Waals surface area contributed by atoms with Crippen LogP contribution < -0.4 is 5.73 Å². The predicted molar refractivity (Wildman–Crippen MR) is 61.0 cm³/mol. The maximum Gasteiger partial charge on any atom is 0.356 e. The molecule has 17 heavy (non-hydrogen) atoms. The summed E-state index contributed by atoms with van der Waals surface area (Å²) in [6.07, 6.45) is 1.45. The van der Waals surface area contributed by atoms with E-state index in [4.69, 9.17) is 5.73 Å². The van der Waals surface area contributed by atoms with Crippen LogP contribution in [0, 0.1) is 18.8 Å². The highest BCUT2D eigenvalue weighted by Crippen LogP contribution is 2.08. The van der Waals surface area contributed by atoms with Gasteiger partial charge in [-0.25, -0.2) is 9.78 Å². The number of carbonyl (C=O) groups is 2. The van der Waals surface area contributed by atoms with E-state index in [2.05, 4.69) is 21.6 Å². The van der Waals surface area contributed by atoms with Crippen molar-refractivity contribution in [2.24, 2.45) is 5.73 Å². The number of hydrogen-bond acceptors (Lipinski definition) is 4. The molecule has 0 saturated carbocycles. The molecule has 1 aromatic rings. The lowest BCUT2D eigenvalue weighted by Gasteiger charge is -2.02. The molecule has 1 aromatic heterocycles. The first-order valence-corrected chi connectivity index (χ1v) is 4.86. The molecule has 0 aliphatic rings. The first kappa shape index (κ1) is 12.7. The maximum atomic E-state index is 11.3. The molecule has 1 rings (SSSR count). The van der Waals surface area contributed by atoms with Crippen LogP contribution in [0.4, 0.5) is 0 Å². The van der Waals surface area contributed by atoms with Gasteiger partial charge in [0.1, 0.15) is 0 Å². The van der Waals surface area contributed by atoms with Crippen molar-refractivity contribution in [3.05, 3.63) is 29.1 Å². The van der Waals surface area contributed by atoms with Gasteiger partial charge in [-0.05, 0) is 18.6 Å². The summed E-state index contributed by atoms with van der Waals surface area (Å²) < 4.78 is 4.57. The Labute approximate surface area is 99.0 Å². The summed E-state index contributed by atoms with van der Waals surface area (Å²) in [5.74, 6) is 4.38. The number of carbonyl (C=O) groups excluding carboxylic acids is 2. The van der Waals surface area contributed by atoms with Crippen molar-refractivity contribution >= 4 is 11.9 Å². The molecule has 5 nitrogen and oxygen atoms in total. The second kappa shape index (κ2) is 5.66.